The number of hydrogen-bond donors (Lipinski definition) is 1. The van der Waals surface area contributed by atoms with Gasteiger partial charge in [0.25, 0.3) is 0 Å². The van der Waals surface area contributed by atoms with Crippen LogP contribution in [0, 0.1) is 0 Å². The van der Waals surface area contributed by atoms with Gasteiger partial charge in [-0.3, -0.25) is 4.68 Å². The second kappa shape index (κ2) is 5.46. The van der Waals surface area contributed by atoms with Gasteiger partial charge in [0.15, 0.2) is 9.84 Å². The third kappa shape index (κ3) is 3.13. The average Bonchev–Trinajstić information content (AvgIpc) is 2.80. The molecule has 0 spiro atoms. The second-order valence-corrected chi connectivity index (χ2v) is 7.22. The molecule has 0 radical (unpaired) electrons. The Morgan fingerprint density at radius 2 is 2.05 bits per heavy atom. The van der Waals surface area contributed by atoms with Crippen molar-refractivity contribution < 1.29 is 8.42 Å². The minimum Gasteiger partial charge on any atom is -0.398 e. The van der Waals surface area contributed by atoms with E-state index in [4.69, 9.17) is 17.3 Å². The Morgan fingerprint density at radius 3 is 2.65 bits per heavy atom. The quantitative estimate of drug-likeness (QED) is 0.880. The molecule has 0 fully saturated rings. The molecule has 0 aliphatic rings. The zero-order valence-electron chi connectivity index (χ0n) is 11.2. The van der Waals surface area contributed by atoms with Crippen LogP contribution in [0.15, 0.2) is 35.4 Å². The topological polar surface area (TPSA) is 78.0 Å². The smallest absolute Gasteiger partial charge is 0.186 e. The molecule has 0 bridgehead atoms. The van der Waals surface area contributed by atoms with E-state index in [1.807, 2.05) is 13.8 Å². The molecule has 1 aromatic heterocycles. The summed E-state index contributed by atoms with van der Waals surface area (Å²) in [4.78, 5) is 0.0455. The van der Waals surface area contributed by atoms with Crippen molar-refractivity contribution >= 4 is 27.1 Å². The van der Waals surface area contributed by atoms with E-state index in [0.29, 0.717) is 10.7 Å². The normalized spacial score (nSPS) is 12.0. The summed E-state index contributed by atoms with van der Waals surface area (Å²) in [5, 5.41) is 4.57. The standard InChI is InChI=1S/C13H16ClN3O2S/c1-9(2)17-6-5-11(16-17)8-20(18,19)13-7-10(14)3-4-12(13)15/h3-7,9H,8,15H2,1-2H3. The van der Waals surface area contributed by atoms with Gasteiger partial charge in [0.05, 0.1) is 22.0 Å². The monoisotopic (exact) mass is 313 g/mol. The average molecular weight is 314 g/mol. The Kier molecular flexibility index (Phi) is 4.06. The van der Waals surface area contributed by atoms with Crippen LogP contribution >= 0.6 is 11.6 Å². The first-order valence-corrected chi connectivity index (χ1v) is 8.14. The SMILES string of the molecule is CC(C)n1ccc(CS(=O)(=O)c2cc(Cl)ccc2N)n1. The highest BCUT2D eigenvalue weighted by atomic mass is 35.5. The van der Waals surface area contributed by atoms with E-state index in [1.54, 1.807) is 23.0 Å². The number of nitrogens with two attached hydrogens (primary N) is 1. The van der Waals surface area contributed by atoms with Crippen molar-refractivity contribution in [3.8, 4) is 0 Å². The molecule has 1 aromatic carbocycles. The van der Waals surface area contributed by atoms with E-state index in [2.05, 4.69) is 5.10 Å². The number of benzene rings is 1. The number of halogens is 1. The molecule has 108 valence electrons. The van der Waals surface area contributed by atoms with Gasteiger partial charge in [-0.15, -0.1) is 0 Å². The maximum absolute atomic E-state index is 12.4. The molecule has 0 aliphatic heterocycles. The minimum atomic E-state index is -3.56. The highest BCUT2D eigenvalue weighted by Gasteiger charge is 2.20. The molecule has 2 N–H and O–H groups in total. The molecule has 0 unspecified atom stereocenters. The molecule has 20 heavy (non-hydrogen) atoms. The lowest BCUT2D eigenvalue weighted by Crippen LogP contribution is -2.09. The fraction of sp³-hybridized carbons (Fsp3) is 0.308. The van der Waals surface area contributed by atoms with Crippen LogP contribution in [-0.4, -0.2) is 18.2 Å². The summed E-state index contributed by atoms with van der Waals surface area (Å²) in [5.74, 6) is -0.197. The summed E-state index contributed by atoms with van der Waals surface area (Å²) in [6.07, 6.45) is 1.76. The number of nitrogen functional groups attached to an aromatic ring is 1. The molecular formula is C13H16ClN3O2S. The van der Waals surface area contributed by atoms with Gasteiger partial charge in [-0.1, -0.05) is 11.6 Å². The van der Waals surface area contributed by atoms with Gasteiger partial charge in [0.1, 0.15) is 0 Å². The van der Waals surface area contributed by atoms with Crippen LogP contribution in [0.1, 0.15) is 25.6 Å². The highest BCUT2D eigenvalue weighted by molar-refractivity contribution is 7.90. The minimum absolute atomic E-state index is 0.0455. The van der Waals surface area contributed by atoms with Crippen molar-refractivity contribution in [1.82, 2.24) is 9.78 Å². The van der Waals surface area contributed by atoms with E-state index in [0.717, 1.165) is 0 Å². The summed E-state index contributed by atoms with van der Waals surface area (Å²) in [6.45, 7) is 3.94. The summed E-state index contributed by atoms with van der Waals surface area (Å²) in [5.41, 5.74) is 6.40. The molecule has 0 amide bonds. The molecule has 0 saturated heterocycles. The fourth-order valence-electron chi connectivity index (χ4n) is 1.79. The number of hydrogen-bond acceptors (Lipinski definition) is 4. The largest absolute Gasteiger partial charge is 0.398 e. The van der Waals surface area contributed by atoms with E-state index in [9.17, 15) is 8.42 Å². The zero-order valence-corrected chi connectivity index (χ0v) is 12.8. The van der Waals surface area contributed by atoms with Crippen molar-refractivity contribution in [3.05, 3.63) is 41.2 Å². The lowest BCUT2D eigenvalue weighted by atomic mass is 10.3. The van der Waals surface area contributed by atoms with Crippen LogP contribution in [0.3, 0.4) is 0 Å². The van der Waals surface area contributed by atoms with Gasteiger partial charge in [0.2, 0.25) is 0 Å². The number of sulfone groups is 1. The predicted octanol–water partition coefficient (Wildman–Crippen LogP) is 2.67. The maximum atomic E-state index is 12.4. The van der Waals surface area contributed by atoms with Crippen molar-refractivity contribution in [2.45, 2.75) is 30.5 Å². The van der Waals surface area contributed by atoms with Crippen molar-refractivity contribution in [2.24, 2.45) is 0 Å². The van der Waals surface area contributed by atoms with Crippen LogP contribution in [0.25, 0.3) is 0 Å². The number of aromatic nitrogens is 2. The lowest BCUT2D eigenvalue weighted by molar-refractivity contribution is 0.527. The molecule has 2 aromatic rings. The van der Waals surface area contributed by atoms with Gasteiger partial charge in [-0.05, 0) is 38.1 Å². The summed E-state index contributed by atoms with van der Waals surface area (Å²) >= 11 is 5.83. The first-order chi connectivity index (χ1) is 9.29. The highest BCUT2D eigenvalue weighted by Crippen LogP contribution is 2.25. The molecule has 0 atom stereocenters. The van der Waals surface area contributed by atoms with Crippen molar-refractivity contribution in [3.63, 3.8) is 0 Å². The summed E-state index contributed by atoms with van der Waals surface area (Å²) < 4.78 is 26.4. The third-order valence-corrected chi connectivity index (χ3v) is 4.78. The number of anilines is 1. The summed E-state index contributed by atoms with van der Waals surface area (Å²) in [7, 11) is -3.56. The van der Waals surface area contributed by atoms with Crippen LogP contribution < -0.4 is 5.73 Å². The molecule has 0 saturated carbocycles. The van der Waals surface area contributed by atoms with E-state index >= 15 is 0 Å². The number of rotatable bonds is 4. The van der Waals surface area contributed by atoms with Gasteiger partial charge >= 0.3 is 0 Å². The Balaban J connectivity index is 2.33. The Morgan fingerprint density at radius 1 is 1.35 bits per heavy atom. The van der Waals surface area contributed by atoms with E-state index < -0.39 is 9.84 Å². The van der Waals surface area contributed by atoms with Crippen LogP contribution in [0.4, 0.5) is 5.69 Å². The first-order valence-electron chi connectivity index (χ1n) is 6.11. The van der Waals surface area contributed by atoms with Gasteiger partial charge < -0.3 is 5.73 Å². The molecule has 0 aliphatic carbocycles. The van der Waals surface area contributed by atoms with Gasteiger partial charge in [-0.2, -0.15) is 5.10 Å². The van der Waals surface area contributed by atoms with Gasteiger partial charge in [0, 0.05) is 17.3 Å². The van der Waals surface area contributed by atoms with E-state index in [-0.39, 0.29) is 22.4 Å². The van der Waals surface area contributed by atoms with Crippen molar-refractivity contribution in [1.29, 1.82) is 0 Å². The lowest BCUT2D eigenvalue weighted by Gasteiger charge is -2.07. The van der Waals surface area contributed by atoms with Crippen molar-refractivity contribution in [2.75, 3.05) is 5.73 Å². The Bertz CT molecular complexity index is 723. The molecular weight excluding hydrogens is 298 g/mol. The molecule has 7 heteroatoms. The number of nitrogens with zero attached hydrogens (tertiary/aromatic N) is 2. The second-order valence-electron chi connectivity index (χ2n) is 4.82. The molecule has 1 heterocycles. The third-order valence-electron chi connectivity index (χ3n) is 2.84. The molecule has 2 rings (SSSR count). The predicted molar refractivity (Wildman–Crippen MR) is 79.4 cm³/mol. The molecule has 5 nitrogen and oxygen atoms in total. The summed E-state index contributed by atoms with van der Waals surface area (Å²) in [6, 6.07) is 6.29. The first kappa shape index (κ1) is 14.9. The maximum Gasteiger partial charge on any atom is 0.186 e. The van der Waals surface area contributed by atoms with Crippen LogP contribution in [-0.2, 0) is 15.6 Å². The fourth-order valence-corrected chi connectivity index (χ4v) is 3.46. The zero-order chi connectivity index (χ0) is 14.9. The Hall–Kier alpha value is -1.53. The van der Waals surface area contributed by atoms with Crippen LogP contribution in [0.5, 0.6) is 0 Å². The van der Waals surface area contributed by atoms with Gasteiger partial charge in [-0.25, -0.2) is 8.42 Å². The van der Waals surface area contributed by atoms with E-state index in [1.165, 1.54) is 12.1 Å². The Labute approximate surface area is 123 Å². The van der Waals surface area contributed by atoms with Crippen LogP contribution in [0.2, 0.25) is 5.02 Å².